The number of aliphatic hydroxyl groups is 1. The summed E-state index contributed by atoms with van der Waals surface area (Å²) in [5.74, 6) is 0.378. The van der Waals surface area contributed by atoms with Crippen molar-refractivity contribution in [3.8, 4) is 6.07 Å². The number of fused-ring (bicyclic) bond motifs is 3. The molecule has 3 N–H and O–H groups in total. The summed E-state index contributed by atoms with van der Waals surface area (Å²) >= 11 is 0. The Kier molecular flexibility index (Phi) is 4.38. The summed E-state index contributed by atoms with van der Waals surface area (Å²) in [7, 11) is 0. The molecule has 0 amide bonds. The van der Waals surface area contributed by atoms with Gasteiger partial charge in [-0.1, -0.05) is 6.07 Å². The Hall–Kier alpha value is -3.28. The molecule has 3 aromatic rings. The van der Waals surface area contributed by atoms with Gasteiger partial charge in [0.2, 0.25) is 5.95 Å². The Morgan fingerprint density at radius 1 is 1.30 bits per heavy atom. The van der Waals surface area contributed by atoms with Crippen molar-refractivity contribution < 1.29 is 5.11 Å². The molecule has 2 saturated carbocycles. The second-order valence-corrected chi connectivity index (χ2v) is 9.96. The standard InChI is InChI=1S/C25H26N6O2/c1-24(33)6-2-3-20(24)31-21-17(9-15(11-26)22(31)32)13-28-23(30-21)29-18-4-5-19-16(10-18)12-27-14-25(19)7-8-25/h4-5,9-10,13,20,27,33H,2-3,6-8,12,14H2,1H3,(H,28,29,30). The average molecular weight is 443 g/mol. The van der Waals surface area contributed by atoms with Crippen LogP contribution in [0.3, 0.4) is 0 Å². The molecule has 3 aliphatic rings. The van der Waals surface area contributed by atoms with Crippen LogP contribution in [-0.2, 0) is 12.0 Å². The zero-order valence-corrected chi connectivity index (χ0v) is 18.6. The lowest BCUT2D eigenvalue weighted by molar-refractivity contribution is 0.0266. The zero-order valence-electron chi connectivity index (χ0n) is 18.6. The highest BCUT2D eigenvalue weighted by Crippen LogP contribution is 2.50. The van der Waals surface area contributed by atoms with Crippen molar-refractivity contribution in [2.45, 2.75) is 62.6 Å². The van der Waals surface area contributed by atoms with E-state index in [0.717, 1.165) is 25.2 Å². The number of rotatable bonds is 3. The monoisotopic (exact) mass is 442 g/mol. The van der Waals surface area contributed by atoms with E-state index in [0.29, 0.717) is 35.2 Å². The number of hydrogen-bond acceptors (Lipinski definition) is 7. The van der Waals surface area contributed by atoms with Gasteiger partial charge in [0, 0.05) is 35.8 Å². The molecule has 2 aliphatic carbocycles. The van der Waals surface area contributed by atoms with Crippen LogP contribution in [0.2, 0.25) is 0 Å². The van der Waals surface area contributed by atoms with Crippen LogP contribution in [0.25, 0.3) is 11.0 Å². The fraction of sp³-hybridized carbons (Fsp3) is 0.440. The SMILES string of the molecule is CC1(O)CCCC1n1c(=O)c(C#N)cc2cnc(Nc3ccc4c(c3)CNCC43CC3)nc21. The largest absolute Gasteiger partial charge is 0.388 e. The maximum atomic E-state index is 13.1. The maximum absolute atomic E-state index is 13.1. The number of nitrogens with zero attached hydrogens (tertiary/aromatic N) is 4. The van der Waals surface area contributed by atoms with Gasteiger partial charge in [-0.2, -0.15) is 10.2 Å². The highest BCUT2D eigenvalue weighted by atomic mass is 16.3. The first-order chi connectivity index (χ1) is 15.9. The second kappa shape index (κ2) is 7.11. The van der Waals surface area contributed by atoms with Crippen molar-refractivity contribution in [2.75, 3.05) is 11.9 Å². The van der Waals surface area contributed by atoms with Crippen LogP contribution in [0.5, 0.6) is 0 Å². The molecule has 33 heavy (non-hydrogen) atoms. The van der Waals surface area contributed by atoms with Crippen LogP contribution < -0.4 is 16.2 Å². The van der Waals surface area contributed by atoms with Gasteiger partial charge in [0.15, 0.2) is 0 Å². The number of nitriles is 1. The maximum Gasteiger partial charge on any atom is 0.270 e. The lowest BCUT2D eigenvalue weighted by Crippen LogP contribution is -2.38. The molecule has 1 spiro atoms. The molecule has 2 fully saturated rings. The fourth-order valence-corrected chi connectivity index (χ4v) is 5.68. The number of aromatic nitrogens is 3. The normalized spacial score (nSPS) is 25.1. The Morgan fingerprint density at radius 2 is 2.15 bits per heavy atom. The number of anilines is 2. The van der Waals surface area contributed by atoms with Crippen LogP contribution in [0.4, 0.5) is 11.6 Å². The first-order valence-corrected chi connectivity index (χ1v) is 11.6. The lowest BCUT2D eigenvalue weighted by atomic mass is 9.88. The first-order valence-electron chi connectivity index (χ1n) is 11.6. The second-order valence-electron chi connectivity index (χ2n) is 9.96. The van der Waals surface area contributed by atoms with E-state index in [9.17, 15) is 15.2 Å². The number of benzene rings is 1. The summed E-state index contributed by atoms with van der Waals surface area (Å²) in [5, 5.41) is 27.8. The van der Waals surface area contributed by atoms with Gasteiger partial charge in [-0.05, 0) is 68.4 Å². The molecule has 0 bridgehead atoms. The summed E-state index contributed by atoms with van der Waals surface area (Å²) in [6.07, 6.45) is 6.17. The van der Waals surface area contributed by atoms with Crippen LogP contribution >= 0.6 is 0 Å². The number of pyridine rings is 1. The fourth-order valence-electron chi connectivity index (χ4n) is 5.68. The van der Waals surface area contributed by atoms with Crippen LogP contribution in [0.15, 0.2) is 35.3 Å². The van der Waals surface area contributed by atoms with Gasteiger partial charge in [0.05, 0.1) is 11.6 Å². The van der Waals surface area contributed by atoms with E-state index < -0.39 is 17.2 Å². The Balaban J connectivity index is 1.42. The quantitative estimate of drug-likeness (QED) is 0.571. The molecular formula is C25H26N6O2. The van der Waals surface area contributed by atoms with Gasteiger partial charge >= 0.3 is 0 Å². The van der Waals surface area contributed by atoms with Crippen molar-refractivity contribution >= 4 is 22.7 Å². The Bertz CT molecular complexity index is 1380. The van der Waals surface area contributed by atoms with E-state index in [4.69, 9.17) is 0 Å². The smallest absolute Gasteiger partial charge is 0.270 e. The molecular weight excluding hydrogens is 416 g/mol. The highest BCUT2D eigenvalue weighted by molar-refractivity contribution is 5.77. The Labute approximate surface area is 191 Å². The van der Waals surface area contributed by atoms with E-state index in [-0.39, 0.29) is 5.56 Å². The third kappa shape index (κ3) is 3.23. The van der Waals surface area contributed by atoms with Crippen LogP contribution in [-0.4, -0.2) is 31.8 Å². The molecule has 2 aromatic heterocycles. The first kappa shape index (κ1) is 20.3. The minimum Gasteiger partial charge on any atom is -0.388 e. The predicted octanol–water partition coefficient (Wildman–Crippen LogP) is 3.02. The highest BCUT2D eigenvalue weighted by Gasteiger charge is 2.46. The topological polar surface area (TPSA) is 116 Å². The van der Waals surface area contributed by atoms with E-state index in [1.807, 2.05) is 6.07 Å². The van der Waals surface area contributed by atoms with Gasteiger partial charge in [0.25, 0.3) is 5.56 Å². The summed E-state index contributed by atoms with van der Waals surface area (Å²) in [6.45, 7) is 3.64. The lowest BCUT2D eigenvalue weighted by Gasteiger charge is -2.28. The molecule has 8 nitrogen and oxygen atoms in total. The van der Waals surface area contributed by atoms with Crippen LogP contribution in [0, 0.1) is 11.3 Å². The molecule has 0 saturated heterocycles. The van der Waals surface area contributed by atoms with Gasteiger partial charge in [-0.25, -0.2) is 4.98 Å². The molecule has 1 aliphatic heterocycles. The molecule has 0 radical (unpaired) electrons. The van der Waals surface area contributed by atoms with E-state index in [1.165, 1.54) is 34.6 Å². The van der Waals surface area contributed by atoms with Crippen LogP contribution in [0.1, 0.15) is 61.8 Å². The third-order valence-corrected chi connectivity index (χ3v) is 7.65. The molecule has 2 unspecified atom stereocenters. The summed E-state index contributed by atoms with van der Waals surface area (Å²) < 4.78 is 1.50. The average Bonchev–Trinajstić information content (AvgIpc) is 3.48. The van der Waals surface area contributed by atoms with Gasteiger partial charge in [0.1, 0.15) is 17.3 Å². The van der Waals surface area contributed by atoms with Gasteiger partial charge in [-0.3, -0.25) is 9.36 Å². The summed E-state index contributed by atoms with van der Waals surface area (Å²) in [4.78, 5) is 22.2. The molecule has 6 rings (SSSR count). The predicted molar refractivity (Wildman–Crippen MR) is 124 cm³/mol. The summed E-state index contributed by atoms with van der Waals surface area (Å²) in [6, 6.07) is 9.48. The minimum absolute atomic E-state index is 0.0331. The summed E-state index contributed by atoms with van der Waals surface area (Å²) in [5.41, 5.74) is 2.95. The van der Waals surface area contributed by atoms with Gasteiger partial charge < -0.3 is 15.7 Å². The van der Waals surface area contributed by atoms with Crippen molar-refractivity contribution in [3.05, 3.63) is 57.5 Å². The van der Waals surface area contributed by atoms with E-state index in [1.54, 1.807) is 13.1 Å². The molecule has 3 heterocycles. The molecule has 8 heteroatoms. The van der Waals surface area contributed by atoms with Crippen molar-refractivity contribution in [1.29, 1.82) is 5.26 Å². The zero-order chi connectivity index (χ0) is 22.8. The van der Waals surface area contributed by atoms with Crippen molar-refractivity contribution in [3.63, 3.8) is 0 Å². The van der Waals surface area contributed by atoms with Gasteiger partial charge in [-0.15, -0.1) is 0 Å². The number of hydrogen-bond donors (Lipinski definition) is 3. The number of nitrogens with one attached hydrogen (secondary N) is 2. The van der Waals surface area contributed by atoms with E-state index >= 15 is 0 Å². The molecule has 168 valence electrons. The van der Waals surface area contributed by atoms with E-state index in [2.05, 4.69) is 38.8 Å². The molecule has 1 aromatic carbocycles. The molecule has 2 atom stereocenters. The third-order valence-electron chi connectivity index (χ3n) is 7.65. The van der Waals surface area contributed by atoms with Crippen molar-refractivity contribution in [2.24, 2.45) is 0 Å². The minimum atomic E-state index is -1.03. The Morgan fingerprint density at radius 3 is 2.88 bits per heavy atom. The van der Waals surface area contributed by atoms with Crippen molar-refractivity contribution in [1.82, 2.24) is 19.9 Å².